The van der Waals surface area contributed by atoms with Crippen LogP contribution in [0, 0.1) is 12.8 Å². The molecular weight excluding hydrogens is 490 g/mol. The zero-order chi connectivity index (χ0) is 25.6. The molecular formula is C23H24F2N8O2S. The molecule has 1 aromatic carbocycles. The van der Waals surface area contributed by atoms with E-state index in [0.717, 1.165) is 24.1 Å². The average molecular weight is 515 g/mol. The lowest BCUT2D eigenvalue weighted by Crippen LogP contribution is -2.20. The van der Waals surface area contributed by atoms with Crippen LogP contribution in [0.25, 0.3) is 16.9 Å². The molecule has 3 aromatic heterocycles. The molecule has 1 aliphatic carbocycles. The molecule has 0 aliphatic heterocycles. The van der Waals surface area contributed by atoms with Gasteiger partial charge < -0.3 is 15.6 Å². The normalized spacial score (nSPS) is 14.3. The topological polar surface area (TPSA) is 121 Å². The van der Waals surface area contributed by atoms with E-state index in [-0.39, 0.29) is 28.8 Å². The van der Waals surface area contributed by atoms with Crippen LogP contribution in [0.1, 0.15) is 30.7 Å². The number of carbonyl (C=O) groups is 1. The first kappa shape index (κ1) is 23.9. The largest absolute Gasteiger partial charge is 0.352 e. The Hall–Kier alpha value is -3.87. The number of aromatic amines is 1. The number of nitrogens with one attached hydrogen (secondary N) is 3. The first-order valence-corrected chi connectivity index (χ1v) is 12.7. The molecule has 3 heterocycles. The Labute approximate surface area is 207 Å². The van der Waals surface area contributed by atoms with Crippen LogP contribution in [-0.2, 0) is 15.8 Å². The summed E-state index contributed by atoms with van der Waals surface area (Å²) in [5, 5.41) is 10.3. The van der Waals surface area contributed by atoms with Crippen molar-refractivity contribution >= 4 is 50.9 Å². The highest BCUT2D eigenvalue weighted by molar-refractivity contribution is 7.85. The van der Waals surface area contributed by atoms with Crippen molar-refractivity contribution in [3.8, 4) is 5.69 Å². The maximum Gasteiger partial charge on any atom is 0.295 e. The van der Waals surface area contributed by atoms with E-state index in [4.69, 9.17) is 0 Å². The molecule has 10 nitrogen and oxygen atoms in total. The molecule has 188 valence electrons. The van der Waals surface area contributed by atoms with E-state index < -0.39 is 23.2 Å². The minimum absolute atomic E-state index is 0.0407. The van der Waals surface area contributed by atoms with Gasteiger partial charge in [-0.2, -0.15) is 5.10 Å². The second-order valence-electron chi connectivity index (χ2n) is 8.65. The number of nitrogens with zero attached hydrogens (tertiary/aromatic N) is 5. The third-order valence-corrected chi connectivity index (χ3v) is 6.81. The summed E-state index contributed by atoms with van der Waals surface area (Å²) in [6.07, 6.45) is 3.95. The summed E-state index contributed by atoms with van der Waals surface area (Å²) < 4.78 is 42.4. The minimum atomic E-state index is -2.82. The molecule has 1 amide bonds. The fourth-order valence-corrected chi connectivity index (χ4v) is 4.14. The van der Waals surface area contributed by atoms with E-state index in [2.05, 4.69) is 30.7 Å². The summed E-state index contributed by atoms with van der Waals surface area (Å²) in [4.78, 5) is 23.1. The number of aryl methyl sites for hydroxylation is 1. The lowest BCUT2D eigenvalue weighted by molar-refractivity contribution is -0.117. The van der Waals surface area contributed by atoms with Gasteiger partial charge in [-0.3, -0.25) is 9.10 Å². The Balaban J connectivity index is 1.58. The molecule has 0 spiro atoms. The van der Waals surface area contributed by atoms with Gasteiger partial charge in [-0.05, 0) is 43.5 Å². The van der Waals surface area contributed by atoms with Gasteiger partial charge in [0.25, 0.3) is 6.43 Å². The summed E-state index contributed by atoms with van der Waals surface area (Å²) in [6.45, 7) is 1.93. The SMILES string of the molecule is Cc1cnn(-c2ccc(Nc3cc(NC(=O)C4CC4)nc4nc(C(F)F)[nH]c34)c(N(C)S(C)=O)c2)c1. The highest BCUT2D eigenvalue weighted by atomic mass is 32.2. The number of anilines is 4. The van der Waals surface area contributed by atoms with Gasteiger partial charge in [-0.25, -0.2) is 27.6 Å². The van der Waals surface area contributed by atoms with Crippen molar-refractivity contribution in [1.82, 2.24) is 24.7 Å². The Kier molecular flexibility index (Phi) is 6.16. The molecule has 1 fully saturated rings. The number of amides is 1. The van der Waals surface area contributed by atoms with Crippen LogP contribution in [0.3, 0.4) is 0 Å². The van der Waals surface area contributed by atoms with Crippen LogP contribution in [0.4, 0.5) is 31.7 Å². The van der Waals surface area contributed by atoms with Crippen molar-refractivity contribution in [3.05, 3.63) is 48.0 Å². The number of benzene rings is 1. The summed E-state index contributed by atoms with van der Waals surface area (Å²) in [5.41, 5.74) is 3.56. The Bertz CT molecular complexity index is 1480. The third-order valence-electron chi connectivity index (χ3n) is 5.84. The number of halogens is 2. The molecule has 1 saturated carbocycles. The van der Waals surface area contributed by atoms with Crippen molar-refractivity contribution in [2.75, 3.05) is 28.2 Å². The lowest BCUT2D eigenvalue weighted by atomic mass is 10.2. The summed E-state index contributed by atoms with van der Waals surface area (Å²) in [7, 11) is 0.330. The maximum absolute atomic E-state index is 13.4. The van der Waals surface area contributed by atoms with E-state index in [9.17, 15) is 17.8 Å². The molecule has 1 unspecified atom stereocenters. The standard InChI is InChI=1S/C23H24F2N8O2S/c1-12-10-26-33(11-12)14-6-7-15(17(8-14)32(2)36(3)35)27-16-9-18(29-23(34)13-4-5-13)28-21-19(16)30-22(31-21)20(24)25/h6-11,13,20H,4-5H2,1-3H3,(H3,27,28,29,30,31,34). The second-order valence-corrected chi connectivity index (χ2v) is 10.0. The number of pyridine rings is 1. The number of hydrogen-bond acceptors (Lipinski definition) is 6. The lowest BCUT2D eigenvalue weighted by Gasteiger charge is -2.22. The van der Waals surface area contributed by atoms with E-state index >= 15 is 0 Å². The van der Waals surface area contributed by atoms with E-state index in [1.165, 1.54) is 0 Å². The van der Waals surface area contributed by atoms with Gasteiger partial charge in [0, 0.05) is 31.5 Å². The third kappa shape index (κ3) is 4.78. The zero-order valence-corrected chi connectivity index (χ0v) is 20.6. The van der Waals surface area contributed by atoms with Crippen LogP contribution >= 0.6 is 0 Å². The summed E-state index contributed by atoms with van der Waals surface area (Å²) in [6, 6.07) is 7.00. The molecule has 4 aromatic rings. The number of carbonyl (C=O) groups excluding carboxylic acids is 1. The summed E-state index contributed by atoms with van der Waals surface area (Å²) in [5.74, 6) is -0.555. The first-order valence-electron chi connectivity index (χ1n) is 11.2. The van der Waals surface area contributed by atoms with Gasteiger partial charge in [-0.1, -0.05) is 0 Å². The molecule has 1 aliphatic rings. The number of alkyl halides is 2. The van der Waals surface area contributed by atoms with Crippen molar-refractivity contribution < 1.29 is 17.8 Å². The quantitative estimate of drug-likeness (QED) is 0.324. The number of rotatable bonds is 8. The smallest absolute Gasteiger partial charge is 0.295 e. The predicted molar refractivity (Wildman–Crippen MR) is 134 cm³/mol. The van der Waals surface area contributed by atoms with Crippen molar-refractivity contribution in [3.63, 3.8) is 0 Å². The molecule has 5 rings (SSSR count). The van der Waals surface area contributed by atoms with Crippen molar-refractivity contribution in [1.29, 1.82) is 0 Å². The van der Waals surface area contributed by atoms with Crippen LogP contribution in [0.5, 0.6) is 0 Å². The van der Waals surface area contributed by atoms with Gasteiger partial charge in [-0.15, -0.1) is 0 Å². The molecule has 1 atom stereocenters. The van der Waals surface area contributed by atoms with Gasteiger partial charge in [0.05, 0.1) is 28.9 Å². The molecule has 0 saturated heterocycles. The first-order chi connectivity index (χ1) is 17.2. The average Bonchev–Trinajstić information content (AvgIpc) is 3.46. The molecule has 3 N–H and O–H groups in total. The predicted octanol–water partition coefficient (Wildman–Crippen LogP) is 4.21. The highest BCUT2D eigenvalue weighted by Gasteiger charge is 2.30. The summed E-state index contributed by atoms with van der Waals surface area (Å²) >= 11 is 0. The van der Waals surface area contributed by atoms with E-state index in [1.54, 1.807) is 40.6 Å². The number of fused-ring (bicyclic) bond motifs is 1. The van der Waals surface area contributed by atoms with Crippen molar-refractivity contribution in [2.45, 2.75) is 26.2 Å². The fraction of sp³-hybridized carbons (Fsp3) is 0.304. The van der Waals surface area contributed by atoms with Gasteiger partial charge >= 0.3 is 0 Å². The van der Waals surface area contributed by atoms with Crippen molar-refractivity contribution in [2.24, 2.45) is 5.92 Å². The monoisotopic (exact) mass is 514 g/mol. The van der Waals surface area contributed by atoms with Crippen LogP contribution < -0.4 is 14.9 Å². The Morgan fingerprint density at radius 2 is 2.03 bits per heavy atom. The Morgan fingerprint density at radius 1 is 1.25 bits per heavy atom. The number of H-pyrrole nitrogens is 1. The Morgan fingerprint density at radius 3 is 2.67 bits per heavy atom. The van der Waals surface area contributed by atoms with E-state index in [1.807, 2.05) is 25.3 Å². The number of imidazole rings is 1. The second kappa shape index (κ2) is 9.30. The number of aromatic nitrogens is 5. The van der Waals surface area contributed by atoms with Gasteiger partial charge in [0.1, 0.15) is 22.3 Å². The maximum atomic E-state index is 13.4. The van der Waals surface area contributed by atoms with Crippen LogP contribution in [-0.4, -0.2) is 48.2 Å². The van der Waals surface area contributed by atoms with E-state index in [0.29, 0.717) is 17.1 Å². The van der Waals surface area contributed by atoms with Gasteiger partial charge in [0.15, 0.2) is 11.5 Å². The molecule has 36 heavy (non-hydrogen) atoms. The van der Waals surface area contributed by atoms with Crippen LogP contribution in [0.15, 0.2) is 36.7 Å². The molecule has 0 bridgehead atoms. The number of hydrogen-bond donors (Lipinski definition) is 3. The zero-order valence-electron chi connectivity index (χ0n) is 19.7. The van der Waals surface area contributed by atoms with Gasteiger partial charge in [0.2, 0.25) is 5.91 Å². The fourth-order valence-electron chi connectivity index (χ4n) is 3.71. The highest BCUT2D eigenvalue weighted by Crippen LogP contribution is 2.36. The molecule has 0 radical (unpaired) electrons. The van der Waals surface area contributed by atoms with Crippen LogP contribution in [0.2, 0.25) is 0 Å². The molecule has 13 heteroatoms. The minimum Gasteiger partial charge on any atom is -0.352 e.